The Labute approximate surface area is 195 Å². The first-order chi connectivity index (χ1) is 16.9. The predicted molar refractivity (Wildman–Crippen MR) is 128 cm³/mol. The fourth-order valence-electron chi connectivity index (χ4n) is 4.35. The van der Waals surface area contributed by atoms with E-state index in [-0.39, 0.29) is 44.8 Å². The number of aromatic hydroxyl groups is 2. The summed E-state index contributed by atoms with van der Waals surface area (Å²) in [7, 11) is 0. The first kappa shape index (κ1) is 20.6. The van der Waals surface area contributed by atoms with Gasteiger partial charge in [0.25, 0.3) is 0 Å². The van der Waals surface area contributed by atoms with E-state index in [2.05, 4.69) is 0 Å². The van der Waals surface area contributed by atoms with Gasteiger partial charge in [0.15, 0.2) is 33.9 Å². The van der Waals surface area contributed by atoms with Crippen LogP contribution >= 0.6 is 0 Å². The van der Waals surface area contributed by atoms with Gasteiger partial charge in [0.05, 0.1) is 11.8 Å². The number of hydrogen-bond acceptors (Lipinski definition) is 7. The third-order valence-electron chi connectivity index (χ3n) is 5.89. The van der Waals surface area contributed by atoms with Gasteiger partial charge in [-0.3, -0.25) is 9.59 Å². The molecule has 172 valence electrons. The van der Waals surface area contributed by atoms with Crippen LogP contribution in [0.2, 0.25) is 0 Å². The lowest BCUT2D eigenvalue weighted by Gasteiger charge is -2.08. The summed E-state index contributed by atoms with van der Waals surface area (Å²) in [6, 6.07) is 18.9. The Kier molecular flexibility index (Phi) is 4.43. The van der Waals surface area contributed by atoms with Crippen molar-refractivity contribution < 1.29 is 33.4 Å². The monoisotopic (exact) mass is 468 g/mol. The summed E-state index contributed by atoms with van der Waals surface area (Å²) in [5.74, 6) is -2.09. The Balaban J connectivity index is 1.76. The molecule has 0 saturated heterocycles. The smallest absolute Gasteiger partial charge is 0.307 e. The number of hydrogen-bond donors (Lipinski definition) is 3. The zero-order chi connectivity index (χ0) is 24.3. The molecular formula is C27H16O8. The Bertz CT molecular complexity index is 1800. The molecule has 35 heavy (non-hydrogen) atoms. The SMILES string of the molecule is O=C(O)Cc1c(-c2cc3ccccc3o2)oc2c(O)c(O)c3c(=O)cc(-c4ccccc4)oc3c12. The number of carbonyl (C=O) groups is 1. The van der Waals surface area contributed by atoms with Crippen LogP contribution in [-0.2, 0) is 11.2 Å². The van der Waals surface area contributed by atoms with E-state index < -0.39 is 29.3 Å². The molecule has 3 aromatic carbocycles. The second-order valence-electron chi connectivity index (χ2n) is 8.08. The van der Waals surface area contributed by atoms with Crippen LogP contribution in [0.15, 0.2) is 84.8 Å². The van der Waals surface area contributed by atoms with Crippen molar-refractivity contribution in [3.05, 3.63) is 82.5 Å². The van der Waals surface area contributed by atoms with Crippen LogP contribution in [-0.4, -0.2) is 21.3 Å². The molecule has 0 fully saturated rings. The lowest BCUT2D eigenvalue weighted by molar-refractivity contribution is -0.136. The van der Waals surface area contributed by atoms with Crippen molar-refractivity contribution in [3.8, 4) is 34.3 Å². The standard InChI is InChI=1S/C27H16O8/c28-16-12-18(13-6-2-1-3-7-13)34-26-21-15(11-20(29)30)25(35-27(21)24(32)23(31)22(16)26)19-10-14-8-4-5-9-17(14)33-19/h1-10,12,31-32H,11H2,(H,29,30). The number of carboxylic acids is 1. The second kappa shape index (κ2) is 7.53. The van der Waals surface area contributed by atoms with Gasteiger partial charge in [-0.1, -0.05) is 48.5 Å². The van der Waals surface area contributed by atoms with E-state index in [1.165, 1.54) is 6.07 Å². The topological polar surface area (TPSA) is 134 Å². The van der Waals surface area contributed by atoms with Crippen molar-refractivity contribution in [3.63, 3.8) is 0 Å². The van der Waals surface area contributed by atoms with E-state index in [1.807, 2.05) is 18.2 Å². The molecule has 8 heteroatoms. The van der Waals surface area contributed by atoms with E-state index in [0.29, 0.717) is 11.1 Å². The van der Waals surface area contributed by atoms with Crippen LogP contribution < -0.4 is 5.43 Å². The van der Waals surface area contributed by atoms with E-state index in [0.717, 1.165) is 5.39 Å². The van der Waals surface area contributed by atoms with E-state index in [9.17, 15) is 24.9 Å². The van der Waals surface area contributed by atoms with E-state index >= 15 is 0 Å². The molecular weight excluding hydrogens is 452 g/mol. The average Bonchev–Trinajstić information content (AvgIpc) is 3.44. The minimum atomic E-state index is -1.17. The van der Waals surface area contributed by atoms with Gasteiger partial charge >= 0.3 is 5.97 Å². The minimum absolute atomic E-state index is 0.0496. The lowest BCUT2D eigenvalue weighted by atomic mass is 10.0. The molecule has 0 amide bonds. The molecule has 3 heterocycles. The van der Waals surface area contributed by atoms with Gasteiger partial charge in [-0.05, 0) is 12.1 Å². The van der Waals surface area contributed by atoms with Crippen molar-refractivity contribution in [1.29, 1.82) is 0 Å². The third-order valence-corrected chi connectivity index (χ3v) is 5.89. The van der Waals surface area contributed by atoms with Gasteiger partial charge in [-0.2, -0.15) is 0 Å². The fraction of sp³-hybridized carbons (Fsp3) is 0.0370. The fourth-order valence-corrected chi connectivity index (χ4v) is 4.35. The van der Waals surface area contributed by atoms with E-state index in [1.54, 1.807) is 42.5 Å². The number of rotatable bonds is 4. The summed E-state index contributed by atoms with van der Waals surface area (Å²) >= 11 is 0. The summed E-state index contributed by atoms with van der Waals surface area (Å²) in [6.07, 6.45) is -0.516. The molecule has 8 nitrogen and oxygen atoms in total. The van der Waals surface area contributed by atoms with Crippen molar-refractivity contribution >= 4 is 38.9 Å². The molecule has 0 aliphatic rings. The highest BCUT2D eigenvalue weighted by molar-refractivity contribution is 6.13. The molecule has 3 aromatic heterocycles. The Morgan fingerprint density at radius 1 is 0.771 bits per heavy atom. The van der Waals surface area contributed by atoms with Gasteiger partial charge in [0.2, 0.25) is 5.75 Å². The number of para-hydroxylation sites is 1. The predicted octanol–water partition coefficient (Wildman–Crippen LogP) is 5.66. The molecule has 6 aromatic rings. The van der Waals surface area contributed by atoms with Crippen molar-refractivity contribution in [2.75, 3.05) is 0 Å². The summed E-state index contributed by atoms with van der Waals surface area (Å²) < 4.78 is 17.8. The number of phenolic OH excluding ortho intramolecular Hbond substituents is 2. The first-order valence-electron chi connectivity index (χ1n) is 10.7. The van der Waals surface area contributed by atoms with Gasteiger partial charge in [-0.25, -0.2) is 0 Å². The van der Waals surface area contributed by atoms with Crippen LogP contribution in [0.5, 0.6) is 11.5 Å². The van der Waals surface area contributed by atoms with Crippen molar-refractivity contribution in [1.82, 2.24) is 0 Å². The number of furan rings is 2. The highest BCUT2D eigenvalue weighted by atomic mass is 16.4. The molecule has 0 saturated carbocycles. The maximum atomic E-state index is 13.0. The first-order valence-corrected chi connectivity index (χ1v) is 10.7. The zero-order valence-electron chi connectivity index (χ0n) is 17.9. The Morgan fingerprint density at radius 3 is 2.26 bits per heavy atom. The maximum Gasteiger partial charge on any atom is 0.307 e. The number of aliphatic carboxylic acids is 1. The van der Waals surface area contributed by atoms with Crippen LogP contribution in [0.3, 0.4) is 0 Å². The Morgan fingerprint density at radius 2 is 1.51 bits per heavy atom. The number of phenols is 2. The number of carboxylic acid groups (broad SMARTS) is 1. The highest BCUT2D eigenvalue weighted by Gasteiger charge is 2.29. The molecule has 0 radical (unpaired) electrons. The van der Waals surface area contributed by atoms with Gasteiger partial charge < -0.3 is 28.6 Å². The Hall–Kier alpha value is -4.98. The number of benzene rings is 3. The minimum Gasteiger partial charge on any atom is -0.504 e. The van der Waals surface area contributed by atoms with Crippen LogP contribution in [0.1, 0.15) is 5.56 Å². The molecule has 0 bridgehead atoms. The zero-order valence-corrected chi connectivity index (χ0v) is 17.9. The molecule has 6 rings (SSSR count). The average molecular weight is 468 g/mol. The third kappa shape index (κ3) is 3.15. The maximum absolute atomic E-state index is 13.0. The van der Waals surface area contributed by atoms with Crippen molar-refractivity contribution in [2.45, 2.75) is 6.42 Å². The molecule has 0 aliphatic carbocycles. The normalized spacial score (nSPS) is 11.5. The molecule has 0 atom stereocenters. The second-order valence-corrected chi connectivity index (χ2v) is 8.08. The van der Waals surface area contributed by atoms with Crippen LogP contribution in [0.4, 0.5) is 0 Å². The van der Waals surface area contributed by atoms with Crippen LogP contribution in [0.25, 0.3) is 55.8 Å². The lowest BCUT2D eigenvalue weighted by Crippen LogP contribution is -2.03. The quantitative estimate of drug-likeness (QED) is 0.282. The summed E-state index contributed by atoms with van der Waals surface area (Å²) in [4.78, 5) is 24.9. The molecule has 0 aliphatic heterocycles. The van der Waals surface area contributed by atoms with Crippen LogP contribution in [0, 0.1) is 0 Å². The molecule has 3 N–H and O–H groups in total. The summed E-state index contributed by atoms with van der Waals surface area (Å²) in [6.45, 7) is 0. The summed E-state index contributed by atoms with van der Waals surface area (Å²) in [5, 5.41) is 31.6. The largest absolute Gasteiger partial charge is 0.504 e. The highest BCUT2D eigenvalue weighted by Crippen LogP contribution is 2.47. The van der Waals surface area contributed by atoms with Gasteiger partial charge in [-0.15, -0.1) is 0 Å². The molecule has 0 unspecified atom stereocenters. The van der Waals surface area contributed by atoms with E-state index in [4.69, 9.17) is 13.3 Å². The van der Waals surface area contributed by atoms with Gasteiger partial charge in [0, 0.05) is 22.6 Å². The summed E-state index contributed by atoms with van der Waals surface area (Å²) in [5.41, 5.74) is 0.388. The number of fused-ring (bicyclic) bond motifs is 4. The molecule has 0 spiro atoms. The van der Waals surface area contributed by atoms with Crippen molar-refractivity contribution in [2.24, 2.45) is 0 Å². The van der Waals surface area contributed by atoms with Gasteiger partial charge in [0.1, 0.15) is 16.7 Å².